The van der Waals surface area contributed by atoms with Crippen LogP contribution in [0.25, 0.3) is 71.9 Å². The van der Waals surface area contributed by atoms with Gasteiger partial charge in [0.05, 0.1) is 11.0 Å². The number of rotatable bonds is 1. The molecule has 5 aromatic carbocycles. The summed E-state index contributed by atoms with van der Waals surface area (Å²) in [5.41, 5.74) is 12.1. The van der Waals surface area contributed by atoms with E-state index < -0.39 is 0 Å². The van der Waals surface area contributed by atoms with Crippen LogP contribution in [0, 0.1) is 5.92 Å². The van der Waals surface area contributed by atoms with Crippen LogP contribution in [-0.4, -0.2) is 9.55 Å². The summed E-state index contributed by atoms with van der Waals surface area (Å²) >= 11 is 0. The van der Waals surface area contributed by atoms with Gasteiger partial charge in [0.25, 0.3) is 0 Å². The first-order valence-corrected chi connectivity index (χ1v) is 14.5. The van der Waals surface area contributed by atoms with Crippen molar-refractivity contribution in [3.63, 3.8) is 0 Å². The maximum absolute atomic E-state index is 4.87. The van der Waals surface area contributed by atoms with E-state index in [4.69, 9.17) is 4.98 Å². The monoisotopic (exact) mass is 522 g/mol. The first-order valence-electron chi connectivity index (χ1n) is 14.5. The largest absolute Gasteiger partial charge is 0.294 e. The minimum Gasteiger partial charge on any atom is -0.294 e. The summed E-state index contributed by atoms with van der Waals surface area (Å²) in [5.74, 6) is 1.44. The van der Waals surface area contributed by atoms with Gasteiger partial charge in [-0.1, -0.05) is 86.7 Å². The van der Waals surface area contributed by atoms with Gasteiger partial charge in [0, 0.05) is 28.3 Å². The van der Waals surface area contributed by atoms with Crippen LogP contribution in [0.1, 0.15) is 36.1 Å². The van der Waals surface area contributed by atoms with Gasteiger partial charge in [0.1, 0.15) is 5.82 Å². The van der Waals surface area contributed by atoms with Crippen LogP contribution in [-0.2, 0) is 5.41 Å². The molecule has 0 amide bonds. The molecule has 0 saturated heterocycles. The molecule has 1 unspecified atom stereocenters. The fraction of sp³-hybridized carbons (Fsp3) is 0.103. The first kappa shape index (κ1) is 21.8. The molecule has 3 aliphatic rings. The normalized spacial score (nSPS) is 17.5. The fourth-order valence-electron chi connectivity index (χ4n) is 7.89. The van der Waals surface area contributed by atoms with Crippen molar-refractivity contribution in [3.8, 4) is 16.9 Å². The van der Waals surface area contributed by atoms with Gasteiger partial charge in [0.15, 0.2) is 0 Å². The number of hydrogen-bond donors (Lipinski definition) is 0. The van der Waals surface area contributed by atoms with Gasteiger partial charge in [-0.3, -0.25) is 4.57 Å². The lowest BCUT2D eigenvalue weighted by atomic mass is 9.82. The zero-order chi connectivity index (χ0) is 27.0. The summed E-state index contributed by atoms with van der Waals surface area (Å²) < 4.78 is 2.39. The molecule has 7 aromatic rings. The van der Waals surface area contributed by atoms with Crippen molar-refractivity contribution in [2.24, 2.45) is 5.92 Å². The third-order valence-corrected chi connectivity index (χ3v) is 9.90. The summed E-state index contributed by atoms with van der Waals surface area (Å²) in [7, 11) is 0. The molecule has 0 bridgehead atoms. The molecule has 0 aliphatic heterocycles. The third-order valence-electron chi connectivity index (χ3n) is 9.90. The number of allylic oxidation sites excluding steroid dienone is 3. The van der Waals surface area contributed by atoms with Crippen molar-refractivity contribution < 1.29 is 0 Å². The highest BCUT2D eigenvalue weighted by Crippen LogP contribution is 2.53. The second-order valence-electron chi connectivity index (χ2n) is 12.4. The summed E-state index contributed by atoms with van der Waals surface area (Å²) in [5, 5.41) is 7.87. The second-order valence-corrected chi connectivity index (χ2v) is 12.4. The number of fused-ring (bicyclic) bond motifs is 14. The SMILES string of the molecule is CC1(C)c2ccccc2-c2cc3c4cc5c6c(c7ccccc7c5cc4n(-c4ccccn4)c3cc21)C=CC1C=C61. The van der Waals surface area contributed by atoms with E-state index in [1.807, 2.05) is 12.3 Å². The van der Waals surface area contributed by atoms with Crippen LogP contribution in [0.15, 0.2) is 109 Å². The predicted molar refractivity (Wildman–Crippen MR) is 172 cm³/mol. The highest BCUT2D eigenvalue weighted by Gasteiger charge is 2.36. The topological polar surface area (TPSA) is 17.8 Å². The molecule has 1 atom stereocenters. The number of benzene rings is 5. The Hall–Kier alpha value is -4.95. The average Bonchev–Trinajstić information content (AvgIpc) is 3.70. The van der Waals surface area contributed by atoms with E-state index in [1.54, 1.807) is 0 Å². The van der Waals surface area contributed by atoms with Gasteiger partial charge in [-0.2, -0.15) is 0 Å². The van der Waals surface area contributed by atoms with Crippen LogP contribution in [0.4, 0.5) is 0 Å². The molecule has 10 rings (SSSR count). The van der Waals surface area contributed by atoms with Crippen LogP contribution in [0.2, 0.25) is 0 Å². The minimum absolute atomic E-state index is 0.0642. The molecule has 0 N–H and O–H groups in total. The molecule has 2 heteroatoms. The maximum atomic E-state index is 4.87. The molecule has 41 heavy (non-hydrogen) atoms. The van der Waals surface area contributed by atoms with Gasteiger partial charge >= 0.3 is 0 Å². The number of nitrogens with zero attached hydrogens (tertiary/aromatic N) is 2. The van der Waals surface area contributed by atoms with Crippen molar-refractivity contribution in [2.75, 3.05) is 0 Å². The minimum atomic E-state index is -0.0642. The van der Waals surface area contributed by atoms with Crippen molar-refractivity contribution in [1.82, 2.24) is 9.55 Å². The lowest BCUT2D eigenvalue weighted by molar-refractivity contribution is 0.661. The molecule has 3 aliphatic carbocycles. The average molecular weight is 523 g/mol. The second kappa shape index (κ2) is 7.21. The quantitative estimate of drug-likeness (QED) is 0.196. The van der Waals surface area contributed by atoms with Gasteiger partial charge in [0.2, 0.25) is 0 Å². The first-order chi connectivity index (χ1) is 20.1. The summed E-state index contributed by atoms with van der Waals surface area (Å²) in [6, 6.07) is 33.9. The molecule has 2 heterocycles. The summed E-state index contributed by atoms with van der Waals surface area (Å²) in [4.78, 5) is 4.87. The van der Waals surface area contributed by atoms with Crippen molar-refractivity contribution in [3.05, 3.63) is 132 Å². The highest BCUT2D eigenvalue weighted by molar-refractivity contribution is 6.24. The Morgan fingerprint density at radius 2 is 1.44 bits per heavy atom. The molecule has 2 aromatic heterocycles. The van der Waals surface area contributed by atoms with Gasteiger partial charge < -0.3 is 0 Å². The molecule has 0 spiro atoms. The molecule has 0 saturated carbocycles. The lowest BCUT2D eigenvalue weighted by Gasteiger charge is -2.21. The Labute approximate surface area is 237 Å². The molecule has 0 radical (unpaired) electrons. The Morgan fingerprint density at radius 1 is 0.659 bits per heavy atom. The standard InChI is InChI=1S/C39H26N2/c1-39(2)33-12-6-5-11-25(33)29-18-30-31-19-32-28(20-35(31)41(36(30)21-34(29)39)37-13-7-8-16-40-37)24-10-4-3-9-23(24)26-15-14-22-17-27(22)38(26)32/h3-22H,1-2H3. The number of pyridine rings is 1. The molecule has 0 fully saturated rings. The Morgan fingerprint density at radius 3 is 2.32 bits per heavy atom. The Balaban J connectivity index is 1.42. The van der Waals surface area contributed by atoms with E-state index in [-0.39, 0.29) is 5.41 Å². The van der Waals surface area contributed by atoms with E-state index in [0.717, 1.165) is 5.82 Å². The van der Waals surface area contributed by atoms with E-state index in [0.29, 0.717) is 5.92 Å². The molecular weight excluding hydrogens is 496 g/mol. The van der Waals surface area contributed by atoms with Gasteiger partial charge in [-0.15, -0.1) is 0 Å². The van der Waals surface area contributed by atoms with Crippen LogP contribution >= 0.6 is 0 Å². The summed E-state index contributed by atoms with van der Waals surface area (Å²) in [6.45, 7) is 4.72. The highest BCUT2D eigenvalue weighted by atomic mass is 15.1. The Kier molecular flexibility index (Phi) is 3.84. The number of hydrogen-bond acceptors (Lipinski definition) is 1. The van der Waals surface area contributed by atoms with E-state index in [1.165, 1.54) is 82.3 Å². The van der Waals surface area contributed by atoms with Gasteiger partial charge in [-0.05, 0) is 96.9 Å². The van der Waals surface area contributed by atoms with E-state index >= 15 is 0 Å². The molecular formula is C39H26N2. The summed E-state index contributed by atoms with van der Waals surface area (Å²) in [6.07, 6.45) is 9.01. The van der Waals surface area contributed by atoms with Crippen LogP contribution in [0.5, 0.6) is 0 Å². The maximum Gasteiger partial charge on any atom is 0.137 e. The predicted octanol–water partition coefficient (Wildman–Crippen LogP) is 9.83. The van der Waals surface area contributed by atoms with Crippen molar-refractivity contribution in [1.29, 1.82) is 0 Å². The van der Waals surface area contributed by atoms with Crippen molar-refractivity contribution in [2.45, 2.75) is 19.3 Å². The van der Waals surface area contributed by atoms with E-state index in [2.05, 4.69) is 122 Å². The third kappa shape index (κ3) is 2.66. The van der Waals surface area contributed by atoms with E-state index in [9.17, 15) is 0 Å². The van der Waals surface area contributed by atoms with Crippen LogP contribution < -0.4 is 0 Å². The molecule has 192 valence electrons. The Bertz CT molecular complexity index is 2380. The zero-order valence-electron chi connectivity index (χ0n) is 22.9. The molecule has 2 nitrogen and oxygen atoms in total. The van der Waals surface area contributed by atoms with Crippen molar-refractivity contribution >= 4 is 55.0 Å². The van der Waals surface area contributed by atoms with Gasteiger partial charge in [-0.25, -0.2) is 4.98 Å². The smallest absolute Gasteiger partial charge is 0.137 e. The lowest BCUT2D eigenvalue weighted by Crippen LogP contribution is -2.15. The zero-order valence-corrected chi connectivity index (χ0v) is 22.9. The fourth-order valence-corrected chi connectivity index (χ4v) is 7.89. The van der Waals surface area contributed by atoms with Crippen LogP contribution in [0.3, 0.4) is 0 Å². The number of aromatic nitrogens is 2.